The number of para-hydroxylation sites is 1. The summed E-state index contributed by atoms with van der Waals surface area (Å²) >= 11 is 0. The molecule has 0 aliphatic rings. The van der Waals surface area contributed by atoms with Crippen LogP contribution in [0.25, 0.3) is 0 Å². The van der Waals surface area contributed by atoms with E-state index in [0.717, 1.165) is 6.42 Å². The summed E-state index contributed by atoms with van der Waals surface area (Å²) in [5.41, 5.74) is 1.87. The van der Waals surface area contributed by atoms with Crippen LogP contribution in [0.3, 0.4) is 0 Å². The van der Waals surface area contributed by atoms with E-state index < -0.39 is 18.5 Å². The Morgan fingerprint density at radius 1 is 1.00 bits per heavy atom. The molecular formula is C24H25NO5. The second kappa shape index (κ2) is 10.3. The Hall–Kier alpha value is -3.54. The highest BCUT2D eigenvalue weighted by Crippen LogP contribution is 2.20. The number of ether oxygens (including phenoxy) is 2. The van der Waals surface area contributed by atoms with Crippen LogP contribution in [0, 0.1) is 0 Å². The maximum Gasteiger partial charge on any atom is 0.374 e. The molecule has 6 nitrogen and oxygen atoms in total. The predicted molar refractivity (Wildman–Crippen MR) is 114 cm³/mol. The molecule has 0 aliphatic carbocycles. The average molecular weight is 407 g/mol. The van der Waals surface area contributed by atoms with Crippen molar-refractivity contribution in [1.29, 1.82) is 0 Å². The number of esters is 1. The highest BCUT2D eigenvalue weighted by atomic mass is 16.6. The SMILES string of the molecule is CC[C@H](C)c1ccc(NC(=O)COC(=O)c2ccc(COc3ccccc3)o2)cc1. The smallest absolute Gasteiger partial charge is 0.374 e. The summed E-state index contributed by atoms with van der Waals surface area (Å²) < 4.78 is 16.0. The van der Waals surface area contributed by atoms with Crippen molar-refractivity contribution in [3.63, 3.8) is 0 Å². The number of furan rings is 1. The van der Waals surface area contributed by atoms with E-state index in [1.165, 1.54) is 11.6 Å². The number of amides is 1. The Kier molecular flexibility index (Phi) is 7.27. The molecule has 1 aromatic heterocycles. The lowest BCUT2D eigenvalue weighted by atomic mass is 9.99. The van der Waals surface area contributed by atoms with Gasteiger partial charge in [0.25, 0.3) is 5.91 Å². The molecule has 156 valence electrons. The van der Waals surface area contributed by atoms with E-state index in [4.69, 9.17) is 13.9 Å². The first-order valence-electron chi connectivity index (χ1n) is 9.88. The molecule has 0 radical (unpaired) electrons. The maximum absolute atomic E-state index is 12.1. The van der Waals surface area contributed by atoms with Gasteiger partial charge in [0.05, 0.1) is 0 Å². The number of hydrogen-bond acceptors (Lipinski definition) is 5. The molecule has 0 bridgehead atoms. The average Bonchev–Trinajstić information content (AvgIpc) is 3.26. The fourth-order valence-corrected chi connectivity index (χ4v) is 2.77. The molecule has 0 aliphatic heterocycles. The van der Waals surface area contributed by atoms with Crippen molar-refractivity contribution in [2.24, 2.45) is 0 Å². The van der Waals surface area contributed by atoms with Gasteiger partial charge in [0, 0.05) is 5.69 Å². The predicted octanol–water partition coefficient (Wildman–Crippen LogP) is 5.17. The largest absolute Gasteiger partial charge is 0.486 e. The summed E-state index contributed by atoms with van der Waals surface area (Å²) in [5, 5.41) is 2.71. The van der Waals surface area contributed by atoms with E-state index in [9.17, 15) is 9.59 Å². The summed E-state index contributed by atoms with van der Waals surface area (Å²) in [6.07, 6.45) is 1.05. The Morgan fingerprint density at radius 3 is 2.43 bits per heavy atom. The summed E-state index contributed by atoms with van der Waals surface area (Å²) in [7, 11) is 0. The van der Waals surface area contributed by atoms with E-state index in [-0.39, 0.29) is 12.4 Å². The van der Waals surface area contributed by atoms with Gasteiger partial charge in [-0.15, -0.1) is 0 Å². The summed E-state index contributed by atoms with van der Waals surface area (Å²) in [6, 6.07) is 20.1. The topological polar surface area (TPSA) is 77.8 Å². The van der Waals surface area contributed by atoms with Gasteiger partial charge in [0.2, 0.25) is 5.76 Å². The van der Waals surface area contributed by atoms with Crippen LogP contribution in [0.2, 0.25) is 0 Å². The zero-order valence-electron chi connectivity index (χ0n) is 17.1. The zero-order valence-corrected chi connectivity index (χ0v) is 17.1. The molecule has 0 unspecified atom stereocenters. The lowest BCUT2D eigenvalue weighted by Gasteiger charge is -2.10. The van der Waals surface area contributed by atoms with Crippen molar-refractivity contribution in [3.05, 3.63) is 83.8 Å². The molecule has 2 aromatic carbocycles. The van der Waals surface area contributed by atoms with Crippen molar-refractivity contribution in [2.75, 3.05) is 11.9 Å². The Balaban J connectivity index is 1.44. The molecule has 6 heteroatoms. The molecule has 1 N–H and O–H groups in total. The molecule has 1 heterocycles. The number of rotatable bonds is 9. The Labute approximate surface area is 175 Å². The van der Waals surface area contributed by atoms with E-state index in [2.05, 4.69) is 19.2 Å². The number of nitrogens with one attached hydrogen (secondary N) is 1. The molecule has 0 saturated heterocycles. The first-order valence-corrected chi connectivity index (χ1v) is 9.88. The number of benzene rings is 2. The Bertz CT molecular complexity index is 963. The third-order valence-corrected chi connectivity index (χ3v) is 4.70. The lowest BCUT2D eigenvalue weighted by molar-refractivity contribution is -0.119. The van der Waals surface area contributed by atoms with Crippen molar-refractivity contribution >= 4 is 17.6 Å². The molecule has 1 atom stereocenters. The van der Waals surface area contributed by atoms with E-state index >= 15 is 0 Å². The molecule has 3 aromatic rings. The van der Waals surface area contributed by atoms with Gasteiger partial charge in [-0.2, -0.15) is 0 Å². The molecule has 30 heavy (non-hydrogen) atoms. The second-order valence-corrected chi connectivity index (χ2v) is 6.92. The van der Waals surface area contributed by atoms with Crippen LogP contribution in [0.15, 0.2) is 71.1 Å². The van der Waals surface area contributed by atoms with Gasteiger partial charge in [0.1, 0.15) is 18.1 Å². The van der Waals surface area contributed by atoms with Crippen LogP contribution < -0.4 is 10.1 Å². The summed E-state index contributed by atoms with van der Waals surface area (Å²) in [4.78, 5) is 24.2. The number of anilines is 1. The molecule has 0 fully saturated rings. The second-order valence-electron chi connectivity index (χ2n) is 6.92. The van der Waals surface area contributed by atoms with Gasteiger partial charge in [-0.05, 0) is 54.3 Å². The quantitative estimate of drug-likeness (QED) is 0.495. The minimum absolute atomic E-state index is 0.0207. The molecule has 0 saturated carbocycles. The Morgan fingerprint density at radius 2 is 1.73 bits per heavy atom. The van der Waals surface area contributed by atoms with Crippen molar-refractivity contribution in [3.8, 4) is 5.75 Å². The van der Waals surface area contributed by atoms with Gasteiger partial charge in [0.15, 0.2) is 6.61 Å². The number of carbonyl (C=O) groups excluding carboxylic acids is 2. The third kappa shape index (κ3) is 5.98. The summed E-state index contributed by atoms with van der Waals surface area (Å²) in [6.45, 7) is 4.07. The van der Waals surface area contributed by atoms with Crippen LogP contribution in [0.4, 0.5) is 5.69 Å². The van der Waals surface area contributed by atoms with Crippen LogP contribution in [0.5, 0.6) is 5.75 Å². The molecule has 3 rings (SSSR count). The van der Waals surface area contributed by atoms with Crippen molar-refractivity contribution < 1.29 is 23.5 Å². The number of carbonyl (C=O) groups is 2. The van der Waals surface area contributed by atoms with Gasteiger partial charge >= 0.3 is 5.97 Å². The minimum Gasteiger partial charge on any atom is -0.486 e. The highest BCUT2D eigenvalue weighted by molar-refractivity contribution is 5.94. The van der Waals surface area contributed by atoms with Crippen molar-refractivity contribution in [1.82, 2.24) is 0 Å². The standard InChI is InChI=1S/C24H25NO5/c1-3-17(2)18-9-11-19(12-10-18)25-23(26)16-29-24(27)22-14-13-21(30-22)15-28-20-7-5-4-6-8-20/h4-14,17H,3,15-16H2,1-2H3,(H,25,26)/t17-/m0/s1. The molecule has 0 spiro atoms. The van der Waals surface area contributed by atoms with E-state index in [1.54, 1.807) is 6.07 Å². The van der Waals surface area contributed by atoms with Gasteiger partial charge < -0.3 is 19.2 Å². The van der Waals surface area contributed by atoms with Gasteiger partial charge in [-0.25, -0.2) is 4.79 Å². The van der Waals surface area contributed by atoms with Crippen LogP contribution in [-0.4, -0.2) is 18.5 Å². The minimum atomic E-state index is -0.705. The van der Waals surface area contributed by atoms with Crippen LogP contribution >= 0.6 is 0 Å². The zero-order chi connectivity index (χ0) is 21.3. The van der Waals surface area contributed by atoms with Crippen LogP contribution in [-0.2, 0) is 16.1 Å². The van der Waals surface area contributed by atoms with Gasteiger partial charge in [-0.1, -0.05) is 44.2 Å². The fourth-order valence-electron chi connectivity index (χ4n) is 2.77. The van der Waals surface area contributed by atoms with Gasteiger partial charge in [-0.3, -0.25) is 4.79 Å². The van der Waals surface area contributed by atoms with Crippen LogP contribution in [0.1, 0.15) is 48.1 Å². The maximum atomic E-state index is 12.1. The molecule has 1 amide bonds. The summed E-state index contributed by atoms with van der Waals surface area (Å²) in [5.74, 6) is 0.546. The molecular weight excluding hydrogens is 382 g/mol. The first kappa shape index (κ1) is 21.2. The third-order valence-electron chi connectivity index (χ3n) is 4.70. The monoisotopic (exact) mass is 407 g/mol. The number of hydrogen-bond donors (Lipinski definition) is 1. The fraction of sp³-hybridized carbons (Fsp3) is 0.250. The normalized spacial score (nSPS) is 11.5. The van der Waals surface area contributed by atoms with E-state index in [0.29, 0.717) is 23.1 Å². The first-order chi connectivity index (χ1) is 14.5. The lowest BCUT2D eigenvalue weighted by Crippen LogP contribution is -2.20. The highest BCUT2D eigenvalue weighted by Gasteiger charge is 2.15. The van der Waals surface area contributed by atoms with Crippen molar-refractivity contribution in [2.45, 2.75) is 32.8 Å². The van der Waals surface area contributed by atoms with E-state index in [1.807, 2.05) is 54.6 Å².